The molecule has 1 N–H and O–H groups in total. The zero-order valence-corrected chi connectivity index (χ0v) is 21.1. The lowest BCUT2D eigenvalue weighted by Gasteiger charge is -2.29. The summed E-state index contributed by atoms with van der Waals surface area (Å²) in [7, 11) is 0. The molecule has 8 nitrogen and oxygen atoms in total. The van der Waals surface area contributed by atoms with Crippen LogP contribution in [0.25, 0.3) is 0 Å². The Hall–Kier alpha value is -3.33. The summed E-state index contributed by atoms with van der Waals surface area (Å²) in [6.45, 7) is 8.24. The zero-order valence-electron chi connectivity index (χ0n) is 19.5. The van der Waals surface area contributed by atoms with Crippen LogP contribution in [0.4, 0.5) is 5.95 Å². The maximum absolute atomic E-state index is 13.1. The van der Waals surface area contributed by atoms with Crippen molar-refractivity contribution in [1.82, 2.24) is 14.8 Å². The van der Waals surface area contributed by atoms with Gasteiger partial charge in [-0.3, -0.25) is 0 Å². The number of carbonyl (C=O) groups excluding carboxylic acids is 1. The van der Waals surface area contributed by atoms with Gasteiger partial charge in [-0.2, -0.15) is 10.1 Å². The molecule has 0 radical (unpaired) electrons. The number of benzene rings is 2. The first-order chi connectivity index (χ1) is 16.4. The second kappa shape index (κ2) is 10.3. The molecule has 0 amide bonds. The Morgan fingerprint density at radius 2 is 1.97 bits per heavy atom. The maximum Gasteiger partial charge on any atom is 0.338 e. The second-order valence-electron chi connectivity index (χ2n) is 8.09. The van der Waals surface area contributed by atoms with Crippen LogP contribution in [0.3, 0.4) is 0 Å². The second-order valence-corrected chi connectivity index (χ2v) is 8.94. The molecule has 0 spiro atoms. The molecule has 0 aliphatic carbocycles. The molecule has 34 heavy (non-hydrogen) atoms. The minimum Gasteiger partial charge on any atom is -0.490 e. The Kier molecular flexibility index (Phi) is 7.21. The van der Waals surface area contributed by atoms with Crippen molar-refractivity contribution in [1.29, 1.82) is 0 Å². The number of hydrogen-bond acceptors (Lipinski definition) is 7. The summed E-state index contributed by atoms with van der Waals surface area (Å²) in [4.78, 5) is 17.4. The lowest BCUT2D eigenvalue weighted by atomic mass is 9.95. The summed E-state index contributed by atoms with van der Waals surface area (Å²) in [5, 5.41) is 7.53. The fourth-order valence-corrected chi connectivity index (χ4v) is 4.39. The first kappa shape index (κ1) is 23.8. The van der Waals surface area contributed by atoms with E-state index in [2.05, 4.69) is 31.3 Å². The highest BCUT2D eigenvalue weighted by Gasteiger charge is 2.35. The van der Waals surface area contributed by atoms with Gasteiger partial charge in [0.2, 0.25) is 5.95 Å². The van der Waals surface area contributed by atoms with Crippen molar-refractivity contribution in [2.75, 3.05) is 11.9 Å². The third-order valence-corrected chi connectivity index (χ3v) is 5.82. The summed E-state index contributed by atoms with van der Waals surface area (Å²) < 4.78 is 20.0. The van der Waals surface area contributed by atoms with Gasteiger partial charge in [-0.25, -0.2) is 9.48 Å². The highest BCUT2D eigenvalue weighted by Crippen LogP contribution is 2.43. The third kappa shape index (κ3) is 4.94. The van der Waals surface area contributed by atoms with Crippen molar-refractivity contribution in [2.45, 2.75) is 46.4 Å². The molecule has 1 aliphatic rings. The van der Waals surface area contributed by atoms with Gasteiger partial charge < -0.3 is 19.5 Å². The van der Waals surface area contributed by atoms with E-state index in [-0.39, 0.29) is 6.10 Å². The van der Waals surface area contributed by atoms with E-state index in [1.54, 1.807) is 4.68 Å². The number of anilines is 1. The third-order valence-electron chi connectivity index (χ3n) is 5.23. The first-order valence-corrected chi connectivity index (χ1v) is 11.9. The summed E-state index contributed by atoms with van der Waals surface area (Å²) >= 11 is 3.65. The van der Waals surface area contributed by atoms with E-state index in [9.17, 15) is 4.79 Å². The predicted octanol–water partition coefficient (Wildman–Crippen LogP) is 5.26. The van der Waals surface area contributed by atoms with E-state index >= 15 is 0 Å². The molecule has 4 rings (SSSR count). The first-order valence-electron chi connectivity index (χ1n) is 11.1. The van der Waals surface area contributed by atoms with Crippen LogP contribution in [-0.4, -0.2) is 33.4 Å². The smallest absolute Gasteiger partial charge is 0.338 e. The van der Waals surface area contributed by atoms with Crippen molar-refractivity contribution in [3.05, 3.63) is 75.7 Å². The average Bonchev–Trinajstić information content (AvgIpc) is 3.25. The number of allylic oxidation sites excluding steroid dienone is 1. The Morgan fingerprint density at radius 1 is 1.21 bits per heavy atom. The largest absolute Gasteiger partial charge is 0.490 e. The van der Waals surface area contributed by atoms with E-state index in [1.807, 2.05) is 70.2 Å². The Bertz CT molecular complexity index is 1210. The van der Waals surface area contributed by atoms with Gasteiger partial charge in [0.1, 0.15) is 19.0 Å². The van der Waals surface area contributed by atoms with E-state index in [1.165, 1.54) is 6.33 Å². The fourth-order valence-electron chi connectivity index (χ4n) is 3.82. The topological polar surface area (TPSA) is 87.5 Å². The quantitative estimate of drug-likeness (QED) is 0.400. The molecule has 9 heteroatoms. The van der Waals surface area contributed by atoms with Crippen LogP contribution in [0.5, 0.6) is 11.5 Å². The van der Waals surface area contributed by atoms with Crippen LogP contribution in [0.2, 0.25) is 0 Å². The lowest BCUT2D eigenvalue weighted by Crippen LogP contribution is -2.30. The van der Waals surface area contributed by atoms with Crippen LogP contribution in [0.1, 0.15) is 44.9 Å². The minimum absolute atomic E-state index is 0.259. The fraction of sp³-hybridized carbons (Fsp3) is 0.320. The van der Waals surface area contributed by atoms with Crippen LogP contribution >= 0.6 is 15.9 Å². The molecule has 0 saturated heterocycles. The zero-order chi connectivity index (χ0) is 24.2. The number of rotatable bonds is 8. The van der Waals surface area contributed by atoms with Crippen molar-refractivity contribution in [3.8, 4) is 11.5 Å². The average molecular weight is 527 g/mol. The minimum atomic E-state index is -0.552. The van der Waals surface area contributed by atoms with Crippen LogP contribution < -0.4 is 14.8 Å². The SMILES string of the molecule is CCOc1cc(C2C(C(=O)OC(C)C)=C(C)Nc3ncnn32)cc(Br)c1OCc1ccccc1. The molecule has 2 aromatic carbocycles. The van der Waals surface area contributed by atoms with E-state index in [0.29, 0.717) is 46.4 Å². The normalized spacial score (nSPS) is 15.1. The van der Waals surface area contributed by atoms with E-state index in [4.69, 9.17) is 14.2 Å². The van der Waals surface area contributed by atoms with Gasteiger partial charge in [-0.1, -0.05) is 30.3 Å². The van der Waals surface area contributed by atoms with Crippen molar-refractivity contribution in [2.24, 2.45) is 0 Å². The number of ether oxygens (including phenoxy) is 3. The van der Waals surface area contributed by atoms with Gasteiger partial charge in [0.05, 0.1) is 22.8 Å². The molecule has 0 bridgehead atoms. The van der Waals surface area contributed by atoms with Gasteiger partial charge >= 0.3 is 5.97 Å². The monoisotopic (exact) mass is 526 g/mol. The molecular weight excluding hydrogens is 500 g/mol. The molecular formula is C25H27BrN4O4. The Balaban J connectivity index is 1.76. The number of nitrogens with one attached hydrogen (secondary N) is 1. The molecule has 2 heterocycles. The maximum atomic E-state index is 13.1. The van der Waals surface area contributed by atoms with Crippen LogP contribution in [0, 0.1) is 0 Å². The molecule has 0 saturated carbocycles. The van der Waals surface area contributed by atoms with Gasteiger partial charge in [0.15, 0.2) is 11.5 Å². The Morgan fingerprint density at radius 3 is 2.68 bits per heavy atom. The molecule has 1 atom stereocenters. The highest BCUT2D eigenvalue weighted by molar-refractivity contribution is 9.10. The van der Waals surface area contributed by atoms with Crippen molar-refractivity contribution in [3.63, 3.8) is 0 Å². The van der Waals surface area contributed by atoms with E-state index in [0.717, 1.165) is 11.1 Å². The van der Waals surface area contributed by atoms with Gasteiger partial charge in [-0.05, 0) is 66.9 Å². The molecule has 178 valence electrons. The molecule has 1 aromatic heterocycles. The van der Waals surface area contributed by atoms with Crippen LogP contribution in [-0.2, 0) is 16.1 Å². The van der Waals surface area contributed by atoms with Crippen LogP contribution in [0.15, 0.2) is 64.5 Å². The lowest BCUT2D eigenvalue weighted by molar-refractivity contribution is -0.143. The van der Waals surface area contributed by atoms with Crippen molar-refractivity contribution < 1.29 is 19.0 Å². The number of carbonyl (C=O) groups is 1. The number of hydrogen-bond donors (Lipinski definition) is 1. The predicted molar refractivity (Wildman–Crippen MR) is 132 cm³/mol. The summed E-state index contributed by atoms with van der Waals surface area (Å²) in [5.74, 6) is 1.29. The number of fused-ring (bicyclic) bond motifs is 1. The molecule has 3 aromatic rings. The summed E-state index contributed by atoms with van der Waals surface area (Å²) in [6.07, 6.45) is 1.19. The van der Waals surface area contributed by atoms with Crippen molar-refractivity contribution >= 4 is 27.8 Å². The van der Waals surface area contributed by atoms with Gasteiger partial charge in [-0.15, -0.1) is 0 Å². The molecule has 0 fully saturated rings. The molecule has 1 unspecified atom stereocenters. The summed E-state index contributed by atoms with van der Waals surface area (Å²) in [5.41, 5.74) is 2.95. The van der Waals surface area contributed by atoms with E-state index < -0.39 is 12.0 Å². The number of nitrogens with zero attached hydrogens (tertiary/aromatic N) is 3. The number of halogens is 1. The number of esters is 1. The molecule has 1 aliphatic heterocycles. The summed E-state index contributed by atoms with van der Waals surface area (Å²) in [6, 6.07) is 13.2. The number of aromatic nitrogens is 3. The highest BCUT2D eigenvalue weighted by atomic mass is 79.9. The van der Waals surface area contributed by atoms with Gasteiger partial charge in [0.25, 0.3) is 0 Å². The standard InChI is InChI=1S/C25H27BrN4O4/c1-5-32-20-12-18(11-19(26)23(20)33-13-17-9-7-6-8-10-17)22-21(24(31)34-15(2)3)16(4)29-25-27-14-28-30(22)25/h6-12,14-15,22H,5,13H2,1-4H3,(H,27,28,29). The van der Waals surface area contributed by atoms with Gasteiger partial charge in [0, 0.05) is 5.70 Å². The Labute approximate surface area is 207 Å².